The molecule has 1 N–H and O–H groups in total. The average Bonchev–Trinajstić information content (AvgIpc) is 2.88. The highest BCUT2D eigenvalue weighted by molar-refractivity contribution is 5.77. The Labute approximate surface area is 118 Å². The molecule has 2 aromatic rings. The molecule has 1 aliphatic rings. The van der Waals surface area contributed by atoms with E-state index >= 15 is 0 Å². The number of carboxylic acids is 1. The highest BCUT2D eigenvalue weighted by Crippen LogP contribution is 2.26. The van der Waals surface area contributed by atoms with Crippen molar-refractivity contribution in [3.05, 3.63) is 36.1 Å². The van der Waals surface area contributed by atoms with E-state index in [2.05, 4.69) is 17.0 Å². The molecule has 0 bridgehead atoms. The minimum atomic E-state index is -0.674. The van der Waals surface area contributed by atoms with Gasteiger partial charge in [-0.3, -0.25) is 9.69 Å². The van der Waals surface area contributed by atoms with Crippen LogP contribution >= 0.6 is 0 Å². The SMILES string of the molecule is C[C@@H]1[C@H](C(=O)O)CCCN1Cc1ccc2occc2c1. The first-order valence-corrected chi connectivity index (χ1v) is 7.08. The van der Waals surface area contributed by atoms with Gasteiger partial charge in [0.2, 0.25) is 0 Å². The lowest BCUT2D eigenvalue weighted by atomic mass is 9.90. The van der Waals surface area contributed by atoms with Crippen LogP contribution in [0.1, 0.15) is 25.3 Å². The number of hydrogen-bond donors (Lipinski definition) is 1. The zero-order valence-electron chi connectivity index (χ0n) is 11.6. The van der Waals surface area contributed by atoms with Gasteiger partial charge in [0.05, 0.1) is 12.2 Å². The summed E-state index contributed by atoms with van der Waals surface area (Å²) in [4.78, 5) is 13.5. The standard InChI is InChI=1S/C16H19NO3/c1-11-14(16(18)19)3-2-7-17(11)10-12-4-5-15-13(9-12)6-8-20-15/h4-6,8-9,11,14H,2-3,7,10H2,1H3,(H,18,19)/t11-,14-/m1/s1. The lowest BCUT2D eigenvalue weighted by molar-refractivity contribution is -0.145. The lowest BCUT2D eigenvalue weighted by Crippen LogP contribution is -2.45. The molecule has 0 radical (unpaired) electrons. The number of likely N-dealkylation sites (tertiary alicyclic amines) is 1. The Morgan fingerprint density at radius 1 is 1.45 bits per heavy atom. The summed E-state index contributed by atoms with van der Waals surface area (Å²) in [5, 5.41) is 10.4. The number of rotatable bonds is 3. The van der Waals surface area contributed by atoms with E-state index in [0.29, 0.717) is 0 Å². The van der Waals surface area contributed by atoms with Crippen LogP contribution in [0.15, 0.2) is 34.9 Å². The summed E-state index contributed by atoms with van der Waals surface area (Å²) < 4.78 is 5.34. The second-order valence-electron chi connectivity index (χ2n) is 5.59. The molecule has 1 aromatic carbocycles. The molecule has 20 heavy (non-hydrogen) atoms. The lowest BCUT2D eigenvalue weighted by Gasteiger charge is -2.37. The largest absolute Gasteiger partial charge is 0.481 e. The molecule has 4 heteroatoms. The molecule has 1 fully saturated rings. The minimum Gasteiger partial charge on any atom is -0.481 e. The maximum absolute atomic E-state index is 11.3. The fourth-order valence-electron chi connectivity index (χ4n) is 3.12. The number of carbonyl (C=O) groups is 1. The van der Waals surface area contributed by atoms with Crippen LogP contribution in [-0.4, -0.2) is 28.6 Å². The van der Waals surface area contributed by atoms with Gasteiger partial charge in [-0.1, -0.05) is 6.07 Å². The van der Waals surface area contributed by atoms with Gasteiger partial charge in [0.15, 0.2) is 0 Å². The van der Waals surface area contributed by atoms with Crippen LogP contribution in [0.2, 0.25) is 0 Å². The van der Waals surface area contributed by atoms with Crippen molar-refractivity contribution in [1.82, 2.24) is 4.90 Å². The van der Waals surface area contributed by atoms with E-state index in [-0.39, 0.29) is 12.0 Å². The molecule has 0 saturated carbocycles. The Bertz CT molecular complexity index is 619. The molecule has 1 aromatic heterocycles. The topological polar surface area (TPSA) is 53.7 Å². The highest BCUT2D eigenvalue weighted by atomic mass is 16.4. The quantitative estimate of drug-likeness (QED) is 0.933. The average molecular weight is 273 g/mol. The Morgan fingerprint density at radius 3 is 3.10 bits per heavy atom. The molecular formula is C16H19NO3. The summed E-state index contributed by atoms with van der Waals surface area (Å²) in [6.07, 6.45) is 3.43. The van der Waals surface area contributed by atoms with Crippen LogP contribution in [0.4, 0.5) is 0 Å². The van der Waals surface area contributed by atoms with Crippen molar-refractivity contribution in [2.75, 3.05) is 6.54 Å². The van der Waals surface area contributed by atoms with Crippen molar-refractivity contribution >= 4 is 16.9 Å². The predicted octanol–water partition coefficient (Wildman–Crippen LogP) is 3.12. The zero-order chi connectivity index (χ0) is 14.1. The van der Waals surface area contributed by atoms with Crippen LogP contribution < -0.4 is 0 Å². The molecule has 1 aliphatic heterocycles. The summed E-state index contributed by atoms with van der Waals surface area (Å²) in [6, 6.07) is 8.20. The molecule has 106 valence electrons. The third kappa shape index (κ3) is 2.43. The van der Waals surface area contributed by atoms with Crippen molar-refractivity contribution in [1.29, 1.82) is 0 Å². The summed E-state index contributed by atoms with van der Waals surface area (Å²) in [5.74, 6) is -0.922. The van der Waals surface area contributed by atoms with Gasteiger partial charge in [-0.2, -0.15) is 0 Å². The van der Waals surface area contributed by atoms with Gasteiger partial charge in [0, 0.05) is 18.0 Å². The second-order valence-corrected chi connectivity index (χ2v) is 5.59. The van der Waals surface area contributed by atoms with Crippen molar-refractivity contribution in [2.24, 2.45) is 5.92 Å². The van der Waals surface area contributed by atoms with Crippen molar-refractivity contribution in [3.63, 3.8) is 0 Å². The van der Waals surface area contributed by atoms with E-state index in [4.69, 9.17) is 4.42 Å². The normalized spacial score (nSPS) is 24.1. The number of carboxylic acid groups (broad SMARTS) is 1. The Hall–Kier alpha value is -1.81. The Morgan fingerprint density at radius 2 is 2.30 bits per heavy atom. The van der Waals surface area contributed by atoms with E-state index in [0.717, 1.165) is 36.9 Å². The summed E-state index contributed by atoms with van der Waals surface area (Å²) in [7, 11) is 0. The van der Waals surface area contributed by atoms with Crippen LogP contribution in [0, 0.1) is 5.92 Å². The number of piperidine rings is 1. The Kier molecular flexibility index (Phi) is 3.49. The van der Waals surface area contributed by atoms with E-state index in [9.17, 15) is 9.90 Å². The van der Waals surface area contributed by atoms with Crippen LogP contribution in [0.5, 0.6) is 0 Å². The molecule has 0 unspecified atom stereocenters. The maximum atomic E-state index is 11.3. The van der Waals surface area contributed by atoms with E-state index in [1.54, 1.807) is 6.26 Å². The molecule has 2 atom stereocenters. The minimum absolute atomic E-state index is 0.0845. The van der Waals surface area contributed by atoms with Gasteiger partial charge >= 0.3 is 5.97 Å². The summed E-state index contributed by atoms with van der Waals surface area (Å²) in [5.41, 5.74) is 2.10. The third-order valence-corrected chi connectivity index (χ3v) is 4.34. The van der Waals surface area contributed by atoms with E-state index in [1.807, 2.05) is 19.1 Å². The second kappa shape index (κ2) is 5.29. The van der Waals surface area contributed by atoms with Gasteiger partial charge in [-0.05, 0) is 50.1 Å². The number of fused-ring (bicyclic) bond motifs is 1. The van der Waals surface area contributed by atoms with E-state index in [1.165, 1.54) is 5.56 Å². The van der Waals surface area contributed by atoms with Crippen molar-refractivity contribution in [2.45, 2.75) is 32.4 Å². The first-order chi connectivity index (χ1) is 9.65. The predicted molar refractivity (Wildman–Crippen MR) is 76.4 cm³/mol. The van der Waals surface area contributed by atoms with Crippen LogP contribution in [0.3, 0.4) is 0 Å². The number of benzene rings is 1. The monoisotopic (exact) mass is 273 g/mol. The van der Waals surface area contributed by atoms with Crippen molar-refractivity contribution in [3.8, 4) is 0 Å². The molecule has 3 rings (SSSR count). The first kappa shape index (κ1) is 13.2. The van der Waals surface area contributed by atoms with Gasteiger partial charge < -0.3 is 9.52 Å². The third-order valence-electron chi connectivity index (χ3n) is 4.34. The number of furan rings is 1. The first-order valence-electron chi connectivity index (χ1n) is 7.08. The molecule has 4 nitrogen and oxygen atoms in total. The molecule has 2 heterocycles. The summed E-state index contributed by atoms with van der Waals surface area (Å²) in [6.45, 7) is 3.79. The molecule has 0 amide bonds. The number of hydrogen-bond acceptors (Lipinski definition) is 3. The highest BCUT2D eigenvalue weighted by Gasteiger charge is 2.32. The fraction of sp³-hybridized carbons (Fsp3) is 0.438. The molecule has 0 aliphatic carbocycles. The number of nitrogens with zero attached hydrogens (tertiary/aromatic N) is 1. The maximum Gasteiger partial charge on any atom is 0.308 e. The van der Waals surface area contributed by atoms with Gasteiger partial charge in [0.25, 0.3) is 0 Å². The zero-order valence-corrected chi connectivity index (χ0v) is 11.6. The van der Waals surface area contributed by atoms with Gasteiger partial charge in [0.1, 0.15) is 5.58 Å². The Balaban J connectivity index is 1.77. The van der Waals surface area contributed by atoms with E-state index < -0.39 is 5.97 Å². The van der Waals surface area contributed by atoms with Gasteiger partial charge in [-0.25, -0.2) is 0 Å². The van der Waals surface area contributed by atoms with Crippen LogP contribution in [-0.2, 0) is 11.3 Å². The smallest absolute Gasteiger partial charge is 0.308 e. The summed E-state index contributed by atoms with van der Waals surface area (Å²) >= 11 is 0. The molecule has 1 saturated heterocycles. The van der Waals surface area contributed by atoms with Crippen molar-refractivity contribution < 1.29 is 14.3 Å². The fourth-order valence-corrected chi connectivity index (χ4v) is 3.12. The molecular weight excluding hydrogens is 254 g/mol. The number of aliphatic carboxylic acids is 1. The van der Waals surface area contributed by atoms with Gasteiger partial charge in [-0.15, -0.1) is 0 Å². The van der Waals surface area contributed by atoms with Crippen LogP contribution in [0.25, 0.3) is 11.0 Å². The molecule has 0 spiro atoms.